The third-order valence-corrected chi connectivity index (χ3v) is 3.08. The predicted octanol–water partition coefficient (Wildman–Crippen LogP) is 1.12. The van der Waals surface area contributed by atoms with Crippen molar-refractivity contribution in [1.29, 1.82) is 0 Å². The summed E-state index contributed by atoms with van der Waals surface area (Å²) in [5.74, 6) is -0.831. The summed E-state index contributed by atoms with van der Waals surface area (Å²) in [6.45, 7) is 3.02. The fourth-order valence-electron chi connectivity index (χ4n) is 2.25. The first kappa shape index (κ1) is 14.0. The van der Waals surface area contributed by atoms with E-state index in [1.165, 1.54) is 4.90 Å². The average molecular weight is 243 g/mol. The summed E-state index contributed by atoms with van der Waals surface area (Å²) < 4.78 is 4.98. The Balaban J connectivity index is 2.56. The number of hydrogen-bond acceptors (Lipinski definition) is 3. The highest BCUT2D eigenvalue weighted by Crippen LogP contribution is 2.19. The number of piperidine rings is 1. The minimum atomic E-state index is -0.891. The maximum Gasteiger partial charge on any atom is 0.326 e. The number of methoxy groups -OCH3 is 1. The maximum atomic E-state index is 12.0. The SMILES string of the molecule is COCC(C)CC(=O)N1CCCC[C@@H]1C(=O)O. The molecule has 1 aliphatic heterocycles. The fraction of sp³-hybridized carbons (Fsp3) is 0.833. The van der Waals surface area contributed by atoms with Crippen molar-refractivity contribution in [3.05, 3.63) is 0 Å². The van der Waals surface area contributed by atoms with Gasteiger partial charge in [-0.3, -0.25) is 4.79 Å². The van der Waals surface area contributed by atoms with Gasteiger partial charge in [-0.15, -0.1) is 0 Å². The second-order valence-corrected chi connectivity index (χ2v) is 4.70. The van der Waals surface area contributed by atoms with E-state index in [-0.39, 0.29) is 11.8 Å². The van der Waals surface area contributed by atoms with Crippen molar-refractivity contribution in [3.63, 3.8) is 0 Å². The van der Waals surface area contributed by atoms with Crippen LogP contribution in [0.3, 0.4) is 0 Å². The largest absolute Gasteiger partial charge is 0.480 e. The van der Waals surface area contributed by atoms with E-state index in [1.807, 2.05) is 6.92 Å². The summed E-state index contributed by atoms with van der Waals surface area (Å²) in [6.07, 6.45) is 2.71. The Morgan fingerprint density at radius 1 is 1.47 bits per heavy atom. The molecular formula is C12H21NO4. The summed E-state index contributed by atoms with van der Waals surface area (Å²) >= 11 is 0. The number of rotatable bonds is 5. The molecule has 1 aliphatic rings. The number of carbonyl (C=O) groups excluding carboxylic acids is 1. The number of ether oxygens (including phenoxy) is 1. The van der Waals surface area contributed by atoms with Gasteiger partial charge in [-0.2, -0.15) is 0 Å². The van der Waals surface area contributed by atoms with Crippen molar-refractivity contribution in [2.45, 2.75) is 38.6 Å². The van der Waals surface area contributed by atoms with Crippen LogP contribution in [-0.4, -0.2) is 48.2 Å². The Hall–Kier alpha value is -1.10. The molecule has 5 nitrogen and oxygen atoms in total. The van der Waals surface area contributed by atoms with E-state index in [1.54, 1.807) is 7.11 Å². The summed E-state index contributed by atoms with van der Waals surface area (Å²) in [5.41, 5.74) is 0. The van der Waals surface area contributed by atoms with Crippen LogP contribution in [0.5, 0.6) is 0 Å². The van der Waals surface area contributed by atoms with Crippen molar-refractivity contribution in [3.8, 4) is 0 Å². The normalized spacial score (nSPS) is 22.2. The number of hydrogen-bond donors (Lipinski definition) is 1. The molecule has 1 heterocycles. The average Bonchev–Trinajstić information content (AvgIpc) is 2.29. The van der Waals surface area contributed by atoms with Gasteiger partial charge in [-0.25, -0.2) is 4.79 Å². The first-order chi connectivity index (χ1) is 8.06. The molecule has 0 aromatic heterocycles. The molecule has 0 aliphatic carbocycles. The Bertz CT molecular complexity index is 280. The molecule has 0 saturated carbocycles. The van der Waals surface area contributed by atoms with E-state index in [9.17, 15) is 9.59 Å². The third kappa shape index (κ3) is 4.00. The monoisotopic (exact) mass is 243 g/mol. The van der Waals surface area contributed by atoms with E-state index in [2.05, 4.69) is 0 Å². The van der Waals surface area contributed by atoms with Gasteiger partial charge in [0.2, 0.25) is 5.91 Å². The molecule has 1 unspecified atom stereocenters. The number of carboxylic acid groups (broad SMARTS) is 1. The first-order valence-corrected chi connectivity index (χ1v) is 6.07. The second-order valence-electron chi connectivity index (χ2n) is 4.70. The molecule has 0 aromatic carbocycles. The van der Waals surface area contributed by atoms with Crippen molar-refractivity contribution in [1.82, 2.24) is 4.90 Å². The molecule has 0 radical (unpaired) electrons. The standard InChI is InChI=1S/C12H21NO4/c1-9(8-17-2)7-11(14)13-6-4-3-5-10(13)12(15)16/h9-10H,3-8H2,1-2H3,(H,15,16)/t9?,10-/m1/s1. The Morgan fingerprint density at radius 2 is 2.18 bits per heavy atom. The molecule has 0 spiro atoms. The molecule has 1 fully saturated rings. The summed E-state index contributed by atoms with van der Waals surface area (Å²) in [4.78, 5) is 24.6. The third-order valence-electron chi connectivity index (χ3n) is 3.08. The number of nitrogens with zero attached hydrogens (tertiary/aromatic N) is 1. The van der Waals surface area contributed by atoms with Gasteiger partial charge in [0.1, 0.15) is 6.04 Å². The fourth-order valence-corrected chi connectivity index (χ4v) is 2.25. The zero-order chi connectivity index (χ0) is 12.8. The summed E-state index contributed by atoms with van der Waals surface area (Å²) in [5, 5.41) is 9.08. The van der Waals surface area contributed by atoms with Crippen molar-refractivity contribution < 1.29 is 19.4 Å². The Morgan fingerprint density at radius 3 is 2.76 bits per heavy atom. The highest BCUT2D eigenvalue weighted by Gasteiger charge is 2.32. The van der Waals surface area contributed by atoms with Gasteiger partial charge in [-0.1, -0.05) is 6.92 Å². The van der Waals surface area contributed by atoms with Crippen LogP contribution in [0.25, 0.3) is 0 Å². The van der Waals surface area contributed by atoms with Gasteiger partial charge >= 0.3 is 5.97 Å². The molecule has 98 valence electrons. The number of carbonyl (C=O) groups is 2. The highest BCUT2D eigenvalue weighted by molar-refractivity contribution is 5.84. The van der Waals surface area contributed by atoms with Crippen LogP contribution in [0.2, 0.25) is 0 Å². The van der Waals surface area contributed by atoms with Crippen LogP contribution in [0.1, 0.15) is 32.6 Å². The van der Waals surface area contributed by atoms with Crippen LogP contribution in [0.4, 0.5) is 0 Å². The number of aliphatic carboxylic acids is 1. The molecule has 1 rings (SSSR count). The Kier molecular flexibility index (Phi) is 5.41. The second kappa shape index (κ2) is 6.59. The van der Waals surface area contributed by atoms with E-state index in [0.717, 1.165) is 12.8 Å². The minimum absolute atomic E-state index is 0.0679. The maximum absolute atomic E-state index is 12.0. The van der Waals surface area contributed by atoms with Gasteiger partial charge in [0, 0.05) is 26.7 Å². The van der Waals surface area contributed by atoms with Gasteiger partial charge in [0.05, 0.1) is 0 Å². The summed E-state index contributed by atoms with van der Waals surface area (Å²) in [7, 11) is 1.60. The van der Waals surface area contributed by atoms with E-state index < -0.39 is 12.0 Å². The molecule has 2 atom stereocenters. The molecule has 17 heavy (non-hydrogen) atoms. The van der Waals surface area contributed by atoms with Crippen LogP contribution < -0.4 is 0 Å². The van der Waals surface area contributed by atoms with Gasteiger partial charge in [-0.05, 0) is 25.2 Å². The number of amides is 1. The van der Waals surface area contributed by atoms with Crippen LogP contribution in [0.15, 0.2) is 0 Å². The molecule has 0 aromatic rings. The van der Waals surface area contributed by atoms with Crippen LogP contribution >= 0.6 is 0 Å². The van der Waals surface area contributed by atoms with E-state index >= 15 is 0 Å². The highest BCUT2D eigenvalue weighted by atomic mass is 16.5. The zero-order valence-electron chi connectivity index (χ0n) is 10.5. The molecule has 1 N–H and O–H groups in total. The number of likely N-dealkylation sites (tertiary alicyclic amines) is 1. The first-order valence-electron chi connectivity index (χ1n) is 6.07. The zero-order valence-corrected chi connectivity index (χ0v) is 10.5. The predicted molar refractivity (Wildman–Crippen MR) is 62.6 cm³/mol. The smallest absolute Gasteiger partial charge is 0.326 e. The van der Waals surface area contributed by atoms with Gasteiger partial charge < -0.3 is 14.7 Å². The van der Waals surface area contributed by atoms with E-state index in [0.29, 0.717) is 26.0 Å². The molecule has 1 amide bonds. The van der Waals surface area contributed by atoms with E-state index in [4.69, 9.17) is 9.84 Å². The lowest BCUT2D eigenvalue weighted by Crippen LogP contribution is -2.48. The van der Waals surface area contributed by atoms with Gasteiger partial charge in [0.25, 0.3) is 0 Å². The van der Waals surface area contributed by atoms with Crippen LogP contribution in [-0.2, 0) is 14.3 Å². The summed E-state index contributed by atoms with van der Waals surface area (Å²) in [6, 6.07) is -0.633. The molecular weight excluding hydrogens is 222 g/mol. The number of carboxylic acids is 1. The minimum Gasteiger partial charge on any atom is -0.480 e. The quantitative estimate of drug-likeness (QED) is 0.786. The van der Waals surface area contributed by atoms with Crippen LogP contribution in [0, 0.1) is 5.92 Å². The van der Waals surface area contributed by atoms with Gasteiger partial charge in [0.15, 0.2) is 0 Å². The lowest BCUT2D eigenvalue weighted by atomic mass is 10.00. The molecule has 5 heteroatoms. The topological polar surface area (TPSA) is 66.8 Å². The lowest BCUT2D eigenvalue weighted by Gasteiger charge is -2.33. The Labute approximate surface area is 102 Å². The van der Waals surface area contributed by atoms with Crippen molar-refractivity contribution in [2.24, 2.45) is 5.92 Å². The van der Waals surface area contributed by atoms with Crippen molar-refractivity contribution >= 4 is 11.9 Å². The molecule has 0 bridgehead atoms. The lowest BCUT2D eigenvalue weighted by molar-refractivity contribution is -0.152. The van der Waals surface area contributed by atoms with Crippen molar-refractivity contribution in [2.75, 3.05) is 20.3 Å². The molecule has 1 saturated heterocycles.